The predicted octanol–water partition coefficient (Wildman–Crippen LogP) is 3.91. The van der Waals surface area contributed by atoms with Crippen LogP contribution in [0.5, 0.6) is 0 Å². The molecule has 1 heterocycles. The fourth-order valence-electron chi connectivity index (χ4n) is 2.21. The monoisotopic (exact) mass is 328 g/mol. The molecule has 22 heavy (non-hydrogen) atoms. The van der Waals surface area contributed by atoms with Gasteiger partial charge in [-0.15, -0.1) is 0 Å². The SMILES string of the molecule is Cc1ccc(N2C(=O)/C(=C/c3ccccc3)NC2=S)cc1Cl. The molecule has 0 bridgehead atoms. The minimum absolute atomic E-state index is 0.186. The third-order valence-electron chi connectivity index (χ3n) is 3.40. The fourth-order valence-corrected chi connectivity index (χ4v) is 2.68. The highest BCUT2D eigenvalue weighted by Gasteiger charge is 2.32. The second-order valence-electron chi connectivity index (χ2n) is 4.97. The highest BCUT2D eigenvalue weighted by molar-refractivity contribution is 7.80. The molecule has 0 saturated carbocycles. The zero-order valence-corrected chi connectivity index (χ0v) is 13.4. The number of thiocarbonyl (C=S) groups is 1. The Morgan fingerprint density at radius 2 is 1.91 bits per heavy atom. The van der Waals surface area contributed by atoms with Gasteiger partial charge in [-0.1, -0.05) is 48.0 Å². The summed E-state index contributed by atoms with van der Waals surface area (Å²) in [5.41, 5.74) is 3.00. The van der Waals surface area contributed by atoms with Gasteiger partial charge in [0.05, 0.1) is 5.69 Å². The first-order valence-corrected chi connectivity index (χ1v) is 7.53. The quantitative estimate of drug-likeness (QED) is 0.670. The summed E-state index contributed by atoms with van der Waals surface area (Å²) in [5.74, 6) is -0.186. The number of carbonyl (C=O) groups is 1. The number of aryl methyl sites for hydroxylation is 1. The average Bonchev–Trinajstić information content (AvgIpc) is 2.78. The maximum Gasteiger partial charge on any atom is 0.281 e. The van der Waals surface area contributed by atoms with E-state index in [9.17, 15) is 4.79 Å². The minimum atomic E-state index is -0.186. The maximum absolute atomic E-state index is 12.6. The topological polar surface area (TPSA) is 32.3 Å². The van der Waals surface area contributed by atoms with Crippen LogP contribution in [0.25, 0.3) is 6.08 Å². The maximum atomic E-state index is 12.6. The number of halogens is 1. The molecule has 0 spiro atoms. The molecule has 0 atom stereocenters. The van der Waals surface area contributed by atoms with E-state index in [2.05, 4.69) is 5.32 Å². The lowest BCUT2D eigenvalue weighted by molar-refractivity contribution is -0.113. The van der Waals surface area contributed by atoms with Crippen molar-refractivity contribution in [2.45, 2.75) is 6.92 Å². The van der Waals surface area contributed by atoms with Crippen molar-refractivity contribution in [3.63, 3.8) is 0 Å². The number of hydrogen-bond donors (Lipinski definition) is 1. The number of anilines is 1. The normalized spacial score (nSPS) is 16.3. The summed E-state index contributed by atoms with van der Waals surface area (Å²) in [6.45, 7) is 1.91. The second-order valence-corrected chi connectivity index (χ2v) is 5.77. The van der Waals surface area contributed by atoms with Crippen molar-refractivity contribution in [2.75, 3.05) is 4.90 Å². The van der Waals surface area contributed by atoms with E-state index in [1.165, 1.54) is 4.90 Å². The Balaban J connectivity index is 1.95. The summed E-state index contributed by atoms with van der Waals surface area (Å²) in [6, 6.07) is 15.1. The fraction of sp³-hybridized carbons (Fsp3) is 0.0588. The Morgan fingerprint density at radius 1 is 1.18 bits per heavy atom. The molecule has 0 aromatic heterocycles. The van der Waals surface area contributed by atoms with Crippen molar-refractivity contribution in [2.24, 2.45) is 0 Å². The van der Waals surface area contributed by atoms with Gasteiger partial charge in [0.2, 0.25) is 0 Å². The number of nitrogens with zero attached hydrogens (tertiary/aromatic N) is 1. The number of amides is 1. The molecule has 5 heteroatoms. The zero-order chi connectivity index (χ0) is 15.7. The van der Waals surface area contributed by atoms with Crippen LogP contribution in [0.4, 0.5) is 5.69 Å². The van der Waals surface area contributed by atoms with Crippen molar-refractivity contribution in [1.82, 2.24) is 5.32 Å². The van der Waals surface area contributed by atoms with Gasteiger partial charge in [-0.2, -0.15) is 0 Å². The summed E-state index contributed by atoms with van der Waals surface area (Å²) in [7, 11) is 0. The number of hydrogen-bond acceptors (Lipinski definition) is 2. The summed E-state index contributed by atoms with van der Waals surface area (Å²) in [5, 5.41) is 3.92. The summed E-state index contributed by atoms with van der Waals surface area (Å²) in [6.07, 6.45) is 1.78. The van der Waals surface area contributed by atoms with Crippen LogP contribution >= 0.6 is 23.8 Å². The molecular weight excluding hydrogens is 316 g/mol. The molecule has 1 fully saturated rings. The van der Waals surface area contributed by atoms with E-state index in [4.69, 9.17) is 23.8 Å². The second kappa shape index (κ2) is 5.91. The molecule has 1 N–H and O–H groups in total. The molecule has 1 amide bonds. The minimum Gasteiger partial charge on any atom is -0.327 e. The summed E-state index contributed by atoms with van der Waals surface area (Å²) in [4.78, 5) is 14.0. The lowest BCUT2D eigenvalue weighted by Crippen LogP contribution is -2.30. The van der Waals surface area contributed by atoms with Gasteiger partial charge in [-0.25, -0.2) is 0 Å². The van der Waals surface area contributed by atoms with Crippen LogP contribution in [-0.4, -0.2) is 11.0 Å². The third-order valence-corrected chi connectivity index (χ3v) is 4.09. The van der Waals surface area contributed by atoms with E-state index >= 15 is 0 Å². The van der Waals surface area contributed by atoms with E-state index in [1.807, 2.05) is 49.4 Å². The predicted molar refractivity (Wildman–Crippen MR) is 93.8 cm³/mol. The molecule has 3 rings (SSSR count). The Labute approximate surface area is 139 Å². The van der Waals surface area contributed by atoms with Gasteiger partial charge in [0, 0.05) is 5.02 Å². The van der Waals surface area contributed by atoms with Crippen LogP contribution in [0.15, 0.2) is 54.2 Å². The molecule has 2 aromatic rings. The van der Waals surface area contributed by atoms with Crippen molar-refractivity contribution < 1.29 is 4.79 Å². The molecular formula is C17H13ClN2OS. The van der Waals surface area contributed by atoms with Gasteiger partial charge in [-0.3, -0.25) is 9.69 Å². The Hall–Kier alpha value is -2.17. The molecule has 0 aliphatic carbocycles. The van der Waals surface area contributed by atoms with Gasteiger partial charge in [0.15, 0.2) is 5.11 Å². The standard InChI is InChI=1S/C17H13ClN2OS/c1-11-7-8-13(10-14(11)18)20-16(21)15(19-17(20)22)9-12-5-3-2-4-6-12/h2-10H,1H3,(H,19,22)/b15-9-. The Bertz CT molecular complexity index is 787. The van der Waals surface area contributed by atoms with Crippen LogP contribution in [0, 0.1) is 6.92 Å². The highest BCUT2D eigenvalue weighted by Crippen LogP contribution is 2.27. The first-order chi connectivity index (χ1) is 10.6. The van der Waals surface area contributed by atoms with E-state index in [0.717, 1.165) is 11.1 Å². The Morgan fingerprint density at radius 3 is 2.59 bits per heavy atom. The van der Waals surface area contributed by atoms with Gasteiger partial charge in [-0.05, 0) is 48.5 Å². The van der Waals surface area contributed by atoms with E-state index in [1.54, 1.807) is 12.1 Å². The number of rotatable bonds is 2. The van der Waals surface area contributed by atoms with Crippen molar-refractivity contribution in [3.8, 4) is 0 Å². The first kappa shape index (κ1) is 14.8. The van der Waals surface area contributed by atoms with E-state index < -0.39 is 0 Å². The molecule has 0 radical (unpaired) electrons. The van der Waals surface area contributed by atoms with Crippen LogP contribution in [0.2, 0.25) is 5.02 Å². The van der Waals surface area contributed by atoms with Crippen LogP contribution < -0.4 is 10.2 Å². The van der Waals surface area contributed by atoms with E-state index in [0.29, 0.717) is 21.5 Å². The molecule has 1 aliphatic heterocycles. The molecule has 110 valence electrons. The molecule has 1 aliphatic rings. The molecule has 1 saturated heterocycles. The van der Waals surface area contributed by atoms with Crippen LogP contribution in [0.3, 0.4) is 0 Å². The zero-order valence-electron chi connectivity index (χ0n) is 11.8. The number of benzene rings is 2. The van der Waals surface area contributed by atoms with Crippen LogP contribution in [-0.2, 0) is 4.79 Å². The average molecular weight is 329 g/mol. The molecule has 3 nitrogen and oxygen atoms in total. The smallest absolute Gasteiger partial charge is 0.281 e. The lowest BCUT2D eigenvalue weighted by atomic mass is 10.2. The van der Waals surface area contributed by atoms with Crippen molar-refractivity contribution >= 4 is 46.6 Å². The van der Waals surface area contributed by atoms with Gasteiger partial charge in [0.1, 0.15) is 5.70 Å². The first-order valence-electron chi connectivity index (χ1n) is 6.74. The lowest BCUT2D eigenvalue weighted by Gasteiger charge is -2.14. The van der Waals surface area contributed by atoms with Crippen LogP contribution in [0.1, 0.15) is 11.1 Å². The Kier molecular flexibility index (Phi) is 3.96. The number of nitrogens with one attached hydrogen (secondary N) is 1. The van der Waals surface area contributed by atoms with Gasteiger partial charge >= 0.3 is 0 Å². The van der Waals surface area contributed by atoms with Gasteiger partial charge < -0.3 is 5.32 Å². The van der Waals surface area contributed by atoms with Gasteiger partial charge in [0.25, 0.3) is 5.91 Å². The summed E-state index contributed by atoms with van der Waals surface area (Å²) >= 11 is 11.4. The summed E-state index contributed by atoms with van der Waals surface area (Å²) < 4.78 is 0. The molecule has 2 aromatic carbocycles. The van der Waals surface area contributed by atoms with E-state index in [-0.39, 0.29) is 5.91 Å². The van der Waals surface area contributed by atoms with Crippen molar-refractivity contribution in [3.05, 3.63) is 70.4 Å². The third kappa shape index (κ3) is 2.75. The highest BCUT2D eigenvalue weighted by atomic mass is 35.5. The largest absolute Gasteiger partial charge is 0.327 e. The number of carbonyl (C=O) groups excluding carboxylic acids is 1. The molecule has 0 unspecified atom stereocenters. The van der Waals surface area contributed by atoms with Crippen molar-refractivity contribution in [1.29, 1.82) is 0 Å².